The molecule has 0 spiro atoms. The summed E-state index contributed by atoms with van der Waals surface area (Å²) in [5.74, 6) is -2.01. The molecule has 3 amide bonds. The summed E-state index contributed by atoms with van der Waals surface area (Å²) in [6.07, 6.45) is -1.17. The molecule has 0 aliphatic carbocycles. The molecule has 2 atom stereocenters. The van der Waals surface area contributed by atoms with E-state index in [2.05, 4.69) is 16.0 Å². The van der Waals surface area contributed by atoms with Crippen LogP contribution in [0.15, 0.2) is 11.3 Å². The third kappa shape index (κ3) is 6.26. The monoisotopic (exact) mass is 371 g/mol. The van der Waals surface area contributed by atoms with E-state index in [1.807, 2.05) is 0 Å². The van der Waals surface area contributed by atoms with Crippen LogP contribution in [0.4, 0.5) is 9.59 Å². The number of carbonyl (C=O) groups excluding carboxylic acids is 3. The van der Waals surface area contributed by atoms with Gasteiger partial charge in [0.25, 0.3) is 0 Å². The number of urea groups is 1. The standard InChI is InChI=1S/C16H25N3O7/c1-6-25-13(22)11-8(2)17-14(23)18-9(11)7-10(12(20)21)19-15(24)26-16(3,4)5/h9-10H,6-7H2,1-5H3,(H,19,24)(H,20,21)(H2,17,18,23)/t9?,10-/m0/s1. The number of carboxylic acid groups (broad SMARTS) is 1. The summed E-state index contributed by atoms with van der Waals surface area (Å²) >= 11 is 0. The third-order valence-corrected chi connectivity index (χ3v) is 3.31. The van der Waals surface area contributed by atoms with E-state index in [9.17, 15) is 24.3 Å². The molecule has 0 aromatic heterocycles. The fourth-order valence-electron chi connectivity index (χ4n) is 2.35. The number of allylic oxidation sites excluding steroid dienone is 1. The Morgan fingerprint density at radius 3 is 2.42 bits per heavy atom. The fraction of sp³-hybridized carbons (Fsp3) is 0.625. The number of rotatable bonds is 6. The topological polar surface area (TPSA) is 143 Å². The van der Waals surface area contributed by atoms with Gasteiger partial charge in [0.15, 0.2) is 0 Å². The van der Waals surface area contributed by atoms with Crippen molar-refractivity contribution >= 4 is 24.1 Å². The number of ether oxygens (including phenoxy) is 2. The van der Waals surface area contributed by atoms with E-state index in [4.69, 9.17) is 9.47 Å². The van der Waals surface area contributed by atoms with E-state index in [1.165, 1.54) is 6.92 Å². The van der Waals surface area contributed by atoms with Gasteiger partial charge in [-0.05, 0) is 34.6 Å². The lowest BCUT2D eigenvalue weighted by atomic mass is 9.96. The number of hydrogen-bond donors (Lipinski definition) is 4. The van der Waals surface area contributed by atoms with Gasteiger partial charge < -0.3 is 30.5 Å². The van der Waals surface area contributed by atoms with Crippen molar-refractivity contribution in [2.45, 2.75) is 58.7 Å². The lowest BCUT2D eigenvalue weighted by molar-refractivity contribution is -0.141. The smallest absolute Gasteiger partial charge is 0.408 e. The van der Waals surface area contributed by atoms with Crippen LogP contribution < -0.4 is 16.0 Å². The van der Waals surface area contributed by atoms with E-state index in [0.717, 1.165) is 0 Å². The van der Waals surface area contributed by atoms with Gasteiger partial charge in [-0.2, -0.15) is 0 Å². The van der Waals surface area contributed by atoms with E-state index in [0.29, 0.717) is 0 Å². The second-order valence-corrected chi connectivity index (χ2v) is 6.68. The molecule has 10 nitrogen and oxygen atoms in total. The second-order valence-electron chi connectivity index (χ2n) is 6.68. The zero-order valence-electron chi connectivity index (χ0n) is 15.5. The minimum Gasteiger partial charge on any atom is -0.480 e. The summed E-state index contributed by atoms with van der Waals surface area (Å²) in [4.78, 5) is 47.2. The Morgan fingerprint density at radius 2 is 1.92 bits per heavy atom. The Morgan fingerprint density at radius 1 is 1.31 bits per heavy atom. The molecule has 0 saturated heterocycles. The van der Waals surface area contributed by atoms with Gasteiger partial charge in [0, 0.05) is 12.1 Å². The number of esters is 1. The SMILES string of the molecule is CCOC(=O)C1=C(C)NC(=O)NC1C[C@H](NC(=O)OC(C)(C)C)C(=O)O. The number of carbonyl (C=O) groups is 4. The highest BCUT2D eigenvalue weighted by Crippen LogP contribution is 2.19. The van der Waals surface area contributed by atoms with Crippen LogP contribution in [0.3, 0.4) is 0 Å². The molecule has 1 aliphatic rings. The van der Waals surface area contributed by atoms with E-state index >= 15 is 0 Å². The highest BCUT2D eigenvalue weighted by Gasteiger charge is 2.35. The van der Waals surface area contributed by atoms with Crippen molar-refractivity contribution in [3.05, 3.63) is 11.3 Å². The summed E-state index contributed by atoms with van der Waals surface area (Å²) in [6.45, 7) is 8.17. The zero-order valence-corrected chi connectivity index (χ0v) is 15.5. The van der Waals surface area contributed by atoms with Crippen molar-refractivity contribution in [1.29, 1.82) is 0 Å². The minimum atomic E-state index is -1.38. The average molecular weight is 371 g/mol. The first kappa shape index (κ1) is 21.3. The molecule has 1 heterocycles. The van der Waals surface area contributed by atoms with Gasteiger partial charge in [0.2, 0.25) is 0 Å². The number of amides is 3. The summed E-state index contributed by atoms with van der Waals surface area (Å²) in [5, 5.41) is 16.5. The molecule has 10 heteroatoms. The number of nitrogens with one attached hydrogen (secondary N) is 3. The Kier molecular flexibility index (Phi) is 6.99. The van der Waals surface area contributed by atoms with E-state index < -0.39 is 41.7 Å². The molecule has 0 saturated carbocycles. The second kappa shape index (κ2) is 8.54. The van der Waals surface area contributed by atoms with Crippen molar-refractivity contribution in [3.8, 4) is 0 Å². The molecule has 0 bridgehead atoms. The first-order valence-corrected chi connectivity index (χ1v) is 8.12. The van der Waals surface area contributed by atoms with Gasteiger partial charge in [0.1, 0.15) is 11.6 Å². The maximum absolute atomic E-state index is 12.2. The highest BCUT2D eigenvalue weighted by molar-refractivity contribution is 5.95. The largest absolute Gasteiger partial charge is 0.480 e. The van der Waals surface area contributed by atoms with Crippen LogP contribution in [-0.2, 0) is 19.1 Å². The Labute approximate surface area is 151 Å². The normalized spacial score (nSPS) is 18.3. The number of aliphatic carboxylic acids is 1. The van der Waals surface area contributed by atoms with E-state index in [1.54, 1.807) is 27.7 Å². The first-order valence-electron chi connectivity index (χ1n) is 8.12. The number of alkyl carbamates (subject to hydrolysis) is 1. The summed E-state index contributed by atoms with van der Waals surface area (Å²) in [6, 6.07) is -2.91. The Hall–Kier alpha value is -2.78. The van der Waals surface area contributed by atoms with Crippen molar-refractivity contribution in [3.63, 3.8) is 0 Å². The third-order valence-electron chi connectivity index (χ3n) is 3.31. The minimum absolute atomic E-state index is 0.101. The Balaban J connectivity index is 2.98. The molecule has 1 unspecified atom stereocenters. The van der Waals surface area contributed by atoms with Crippen LogP contribution >= 0.6 is 0 Å². The summed E-state index contributed by atoms with van der Waals surface area (Å²) < 4.78 is 10.0. The molecule has 26 heavy (non-hydrogen) atoms. The van der Waals surface area contributed by atoms with E-state index in [-0.39, 0.29) is 24.3 Å². The quantitative estimate of drug-likeness (QED) is 0.507. The summed E-state index contributed by atoms with van der Waals surface area (Å²) in [5.41, 5.74) is -0.440. The molecule has 0 radical (unpaired) electrons. The fourth-order valence-corrected chi connectivity index (χ4v) is 2.35. The van der Waals surface area contributed by atoms with Gasteiger partial charge >= 0.3 is 24.1 Å². The van der Waals surface area contributed by atoms with Crippen LogP contribution in [0.2, 0.25) is 0 Å². The van der Waals surface area contributed by atoms with Crippen LogP contribution in [0.25, 0.3) is 0 Å². The molecule has 4 N–H and O–H groups in total. The molecule has 0 aromatic rings. The molecule has 1 rings (SSSR count). The number of hydrogen-bond acceptors (Lipinski definition) is 6. The highest BCUT2D eigenvalue weighted by atomic mass is 16.6. The number of carboxylic acids is 1. The summed E-state index contributed by atoms with van der Waals surface area (Å²) in [7, 11) is 0. The Bertz CT molecular complexity index is 622. The van der Waals surface area contributed by atoms with Crippen molar-refractivity contribution in [2.24, 2.45) is 0 Å². The lowest BCUT2D eigenvalue weighted by Gasteiger charge is -2.30. The van der Waals surface area contributed by atoms with Crippen LogP contribution in [-0.4, -0.2) is 53.5 Å². The van der Waals surface area contributed by atoms with Gasteiger partial charge in [-0.15, -0.1) is 0 Å². The lowest BCUT2D eigenvalue weighted by Crippen LogP contribution is -2.54. The van der Waals surface area contributed by atoms with Gasteiger partial charge in [-0.1, -0.05) is 0 Å². The zero-order chi connectivity index (χ0) is 20.1. The predicted octanol–water partition coefficient (Wildman–Crippen LogP) is 0.873. The van der Waals surface area contributed by atoms with Gasteiger partial charge in [-0.25, -0.2) is 19.2 Å². The average Bonchev–Trinajstić information content (AvgIpc) is 2.43. The van der Waals surface area contributed by atoms with Crippen LogP contribution in [0.5, 0.6) is 0 Å². The predicted molar refractivity (Wildman–Crippen MR) is 90.2 cm³/mol. The van der Waals surface area contributed by atoms with Gasteiger partial charge in [-0.3, -0.25) is 0 Å². The van der Waals surface area contributed by atoms with Crippen molar-refractivity contribution in [1.82, 2.24) is 16.0 Å². The maximum Gasteiger partial charge on any atom is 0.408 e. The molecule has 0 fully saturated rings. The van der Waals surface area contributed by atoms with Crippen LogP contribution in [0.1, 0.15) is 41.0 Å². The molecule has 146 valence electrons. The first-order chi connectivity index (χ1) is 11.9. The van der Waals surface area contributed by atoms with Crippen LogP contribution in [0, 0.1) is 0 Å². The van der Waals surface area contributed by atoms with Crippen molar-refractivity contribution < 1.29 is 33.8 Å². The molecule has 0 aromatic carbocycles. The molecular formula is C16H25N3O7. The molecule has 1 aliphatic heterocycles. The molecular weight excluding hydrogens is 346 g/mol. The maximum atomic E-state index is 12.2. The van der Waals surface area contributed by atoms with Crippen molar-refractivity contribution in [2.75, 3.05) is 6.61 Å². The van der Waals surface area contributed by atoms with Gasteiger partial charge in [0.05, 0.1) is 18.2 Å².